The lowest BCUT2D eigenvalue weighted by Crippen LogP contribution is -2.51. The second kappa shape index (κ2) is 7.16. The number of benzene rings is 1. The third-order valence-electron chi connectivity index (χ3n) is 3.39. The van der Waals surface area contributed by atoms with Gasteiger partial charge in [0, 0.05) is 25.7 Å². The highest BCUT2D eigenvalue weighted by Crippen LogP contribution is 2.33. The van der Waals surface area contributed by atoms with Gasteiger partial charge in [0.1, 0.15) is 0 Å². The first-order valence-corrected chi connectivity index (χ1v) is 8.17. The maximum absolute atomic E-state index is 12.9. The van der Waals surface area contributed by atoms with Crippen molar-refractivity contribution in [1.82, 2.24) is 9.62 Å². The summed E-state index contributed by atoms with van der Waals surface area (Å²) in [5.41, 5.74) is -1.10. The summed E-state index contributed by atoms with van der Waals surface area (Å²) in [6, 6.07) is 4.79. The first-order chi connectivity index (χ1) is 9.70. The Kier molecular flexibility index (Phi) is 6.26. The normalized spacial score (nSPS) is 20.5. The van der Waals surface area contributed by atoms with Gasteiger partial charge < -0.3 is 5.32 Å². The molecule has 1 aromatic carbocycles. The summed E-state index contributed by atoms with van der Waals surface area (Å²) in [5, 5.41) is 3.10. The minimum absolute atomic E-state index is 0. The third-order valence-corrected chi connectivity index (χ3v) is 5.18. The standard InChI is InChI=1S/C13H17F3N2O2S.ClH/c1-10-8-18(7-6-17-10)21(19,20)9-11-4-2-3-5-12(11)13(14,15)16;/h2-5,10,17H,6-9H2,1H3;1H. The van der Waals surface area contributed by atoms with E-state index in [0.717, 1.165) is 6.07 Å². The van der Waals surface area contributed by atoms with E-state index in [0.29, 0.717) is 6.54 Å². The fourth-order valence-electron chi connectivity index (χ4n) is 2.36. The molecule has 1 aromatic rings. The average Bonchev–Trinajstić information content (AvgIpc) is 2.37. The van der Waals surface area contributed by atoms with Crippen LogP contribution in [-0.4, -0.2) is 38.4 Å². The SMILES string of the molecule is CC1CN(S(=O)(=O)Cc2ccccc2C(F)(F)F)CCN1.Cl. The number of nitrogens with zero attached hydrogens (tertiary/aromatic N) is 1. The van der Waals surface area contributed by atoms with Crippen molar-refractivity contribution >= 4 is 22.4 Å². The van der Waals surface area contributed by atoms with Gasteiger partial charge in [0.05, 0.1) is 11.3 Å². The Morgan fingerprint density at radius 1 is 1.32 bits per heavy atom. The first kappa shape index (κ1) is 19.2. The van der Waals surface area contributed by atoms with Crippen molar-refractivity contribution in [2.75, 3.05) is 19.6 Å². The summed E-state index contributed by atoms with van der Waals surface area (Å²) < 4.78 is 64.6. The molecule has 1 fully saturated rings. The van der Waals surface area contributed by atoms with Gasteiger partial charge in [-0.2, -0.15) is 17.5 Å². The summed E-state index contributed by atoms with van der Waals surface area (Å²) in [7, 11) is -3.76. The molecule has 1 aliphatic rings. The second-order valence-electron chi connectivity index (χ2n) is 5.12. The van der Waals surface area contributed by atoms with Crippen LogP contribution in [0.15, 0.2) is 24.3 Å². The molecule has 0 amide bonds. The molecule has 9 heteroatoms. The minimum atomic E-state index is -4.55. The Morgan fingerprint density at radius 2 is 1.95 bits per heavy atom. The molecule has 2 rings (SSSR count). The van der Waals surface area contributed by atoms with E-state index in [2.05, 4.69) is 5.32 Å². The van der Waals surface area contributed by atoms with Gasteiger partial charge in [0.15, 0.2) is 0 Å². The van der Waals surface area contributed by atoms with E-state index < -0.39 is 27.5 Å². The Balaban J connectivity index is 0.00000242. The van der Waals surface area contributed by atoms with Crippen molar-refractivity contribution in [2.45, 2.75) is 24.9 Å². The van der Waals surface area contributed by atoms with Gasteiger partial charge in [-0.25, -0.2) is 8.42 Å². The van der Waals surface area contributed by atoms with Gasteiger partial charge in [-0.3, -0.25) is 0 Å². The van der Waals surface area contributed by atoms with Crippen molar-refractivity contribution < 1.29 is 21.6 Å². The molecule has 1 unspecified atom stereocenters. The zero-order valence-corrected chi connectivity index (χ0v) is 13.6. The first-order valence-electron chi connectivity index (χ1n) is 6.56. The van der Waals surface area contributed by atoms with E-state index in [9.17, 15) is 21.6 Å². The zero-order chi connectivity index (χ0) is 15.7. The molecule has 126 valence electrons. The molecule has 0 bridgehead atoms. The predicted molar refractivity (Wildman–Crippen MR) is 80.4 cm³/mol. The number of alkyl halides is 3. The topological polar surface area (TPSA) is 49.4 Å². The highest BCUT2D eigenvalue weighted by atomic mass is 35.5. The quantitative estimate of drug-likeness (QED) is 0.901. The molecular formula is C13H18ClF3N2O2S. The molecule has 4 nitrogen and oxygen atoms in total. The smallest absolute Gasteiger partial charge is 0.312 e. The van der Waals surface area contributed by atoms with Crippen LogP contribution in [0.4, 0.5) is 13.2 Å². The summed E-state index contributed by atoms with van der Waals surface area (Å²) in [6.07, 6.45) is -4.55. The van der Waals surface area contributed by atoms with E-state index in [1.807, 2.05) is 6.92 Å². The number of hydrogen-bond acceptors (Lipinski definition) is 3. The van der Waals surface area contributed by atoms with Crippen molar-refractivity contribution in [3.63, 3.8) is 0 Å². The molecule has 0 spiro atoms. The van der Waals surface area contributed by atoms with Crippen LogP contribution in [0.5, 0.6) is 0 Å². The summed E-state index contributed by atoms with van der Waals surface area (Å²) >= 11 is 0. The van der Waals surface area contributed by atoms with Crippen molar-refractivity contribution in [3.8, 4) is 0 Å². The largest absolute Gasteiger partial charge is 0.416 e. The van der Waals surface area contributed by atoms with Crippen molar-refractivity contribution in [1.29, 1.82) is 0 Å². The van der Waals surface area contributed by atoms with E-state index >= 15 is 0 Å². The molecule has 0 radical (unpaired) electrons. The fourth-order valence-corrected chi connectivity index (χ4v) is 4.01. The lowest BCUT2D eigenvalue weighted by molar-refractivity contribution is -0.138. The van der Waals surface area contributed by atoms with Gasteiger partial charge >= 0.3 is 6.18 Å². The molecule has 1 heterocycles. The molecule has 0 aliphatic carbocycles. The number of halogens is 4. The fraction of sp³-hybridized carbons (Fsp3) is 0.538. The highest BCUT2D eigenvalue weighted by molar-refractivity contribution is 7.88. The lowest BCUT2D eigenvalue weighted by Gasteiger charge is -2.31. The van der Waals surface area contributed by atoms with E-state index in [1.165, 1.54) is 22.5 Å². The Morgan fingerprint density at radius 3 is 2.55 bits per heavy atom. The molecule has 1 N–H and O–H groups in total. The van der Waals surface area contributed by atoms with Crippen LogP contribution in [0, 0.1) is 0 Å². The Labute approximate surface area is 134 Å². The van der Waals surface area contributed by atoms with Crippen LogP contribution in [0.2, 0.25) is 0 Å². The third kappa shape index (κ3) is 4.58. The molecule has 0 saturated carbocycles. The number of rotatable bonds is 3. The maximum Gasteiger partial charge on any atom is 0.416 e. The summed E-state index contributed by atoms with van der Waals surface area (Å²) in [4.78, 5) is 0. The van der Waals surface area contributed by atoms with Crippen molar-refractivity contribution in [3.05, 3.63) is 35.4 Å². The van der Waals surface area contributed by atoms with Gasteiger partial charge in [-0.1, -0.05) is 18.2 Å². The van der Waals surface area contributed by atoms with Crippen LogP contribution in [-0.2, 0) is 22.0 Å². The molecular weight excluding hydrogens is 341 g/mol. The van der Waals surface area contributed by atoms with Crippen molar-refractivity contribution in [2.24, 2.45) is 0 Å². The molecule has 1 atom stereocenters. The number of nitrogens with one attached hydrogen (secondary N) is 1. The predicted octanol–water partition coefficient (Wildman–Crippen LogP) is 2.25. The number of hydrogen-bond donors (Lipinski definition) is 1. The zero-order valence-electron chi connectivity index (χ0n) is 11.9. The van der Waals surface area contributed by atoms with Crippen LogP contribution < -0.4 is 5.32 Å². The van der Waals surface area contributed by atoms with E-state index in [1.54, 1.807) is 0 Å². The molecule has 0 aromatic heterocycles. The molecule has 1 saturated heterocycles. The van der Waals surface area contributed by atoms with Crippen LogP contribution in [0.1, 0.15) is 18.1 Å². The van der Waals surface area contributed by atoms with Crippen LogP contribution in [0.3, 0.4) is 0 Å². The van der Waals surface area contributed by atoms with Gasteiger partial charge in [0.25, 0.3) is 0 Å². The second-order valence-corrected chi connectivity index (χ2v) is 7.09. The van der Waals surface area contributed by atoms with Crippen LogP contribution >= 0.6 is 12.4 Å². The molecule has 22 heavy (non-hydrogen) atoms. The Hall–Kier alpha value is -0.830. The van der Waals surface area contributed by atoms with Crippen LogP contribution in [0.25, 0.3) is 0 Å². The Bertz CT molecular complexity index is 608. The van der Waals surface area contributed by atoms with Gasteiger partial charge in [0.2, 0.25) is 10.0 Å². The minimum Gasteiger partial charge on any atom is -0.312 e. The highest BCUT2D eigenvalue weighted by Gasteiger charge is 2.35. The number of sulfonamides is 1. The molecule has 1 aliphatic heterocycles. The summed E-state index contributed by atoms with van der Waals surface area (Å²) in [5.74, 6) is -0.630. The summed E-state index contributed by atoms with van der Waals surface area (Å²) in [6.45, 7) is 2.89. The van der Waals surface area contributed by atoms with E-state index in [-0.39, 0.29) is 37.1 Å². The van der Waals surface area contributed by atoms with Gasteiger partial charge in [-0.05, 0) is 18.6 Å². The number of piperazine rings is 1. The maximum atomic E-state index is 12.9. The average molecular weight is 359 g/mol. The van der Waals surface area contributed by atoms with E-state index in [4.69, 9.17) is 0 Å². The monoisotopic (exact) mass is 358 g/mol. The van der Waals surface area contributed by atoms with Gasteiger partial charge in [-0.15, -0.1) is 12.4 Å². The lowest BCUT2D eigenvalue weighted by atomic mass is 10.1.